The quantitative estimate of drug-likeness (QED) is 0.613. The van der Waals surface area contributed by atoms with E-state index in [-0.39, 0.29) is 5.75 Å². The molecular weight excluding hydrogens is 200 g/mol. The number of hydrogen-bond donors (Lipinski definition) is 1. The molecule has 3 heteroatoms. The van der Waals surface area contributed by atoms with Crippen molar-refractivity contribution >= 4 is 24.0 Å². The Balaban J connectivity index is 2.84. The normalized spacial score (nSPS) is 10.6. The summed E-state index contributed by atoms with van der Waals surface area (Å²) in [6.45, 7) is 0. The highest BCUT2D eigenvalue weighted by Gasteiger charge is 1.98. The van der Waals surface area contributed by atoms with Gasteiger partial charge in [-0.2, -0.15) is 0 Å². The van der Waals surface area contributed by atoms with Gasteiger partial charge in [0.2, 0.25) is 0 Å². The average Bonchev–Trinajstić information content (AvgIpc) is 2.21. The van der Waals surface area contributed by atoms with Crippen LogP contribution in [0.1, 0.15) is 22.3 Å². The number of allylic oxidation sites excluding steroid dienone is 1. The first kappa shape index (κ1) is 10.8. The first-order valence-corrected chi connectivity index (χ1v) is 4.82. The van der Waals surface area contributed by atoms with Crippen LogP contribution in [-0.4, -0.2) is 17.3 Å². The lowest BCUT2D eigenvalue weighted by atomic mass is 10.1. The summed E-state index contributed by atoms with van der Waals surface area (Å²) >= 11 is 5.50. The number of carbonyl (C=O) groups is 1. The summed E-state index contributed by atoms with van der Waals surface area (Å²) in [5.74, 6) is 0.587. The third-order valence-electron chi connectivity index (χ3n) is 1.76. The summed E-state index contributed by atoms with van der Waals surface area (Å²) in [4.78, 5) is 10.5. The van der Waals surface area contributed by atoms with Crippen molar-refractivity contribution in [1.82, 2.24) is 0 Å². The van der Waals surface area contributed by atoms with Crippen LogP contribution in [0, 0.1) is 0 Å². The van der Waals surface area contributed by atoms with E-state index < -0.39 is 0 Å². The van der Waals surface area contributed by atoms with Crippen molar-refractivity contribution in [2.45, 2.75) is 6.42 Å². The minimum Gasteiger partial charge on any atom is -0.507 e. The van der Waals surface area contributed by atoms with Crippen LogP contribution < -0.4 is 0 Å². The zero-order valence-corrected chi connectivity index (χ0v) is 8.37. The van der Waals surface area contributed by atoms with Crippen LogP contribution in [0.15, 0.2) is 24.3 Å². The molecule has 74 valence electrons. The van der Waals surface area contributed by atoms with Gasteiger partial charge in [-0.25, -0.2) is 0 Å². The molecule has 0 unspecified atom stereocenters. The number of aromatic hydroxyl groups is 1. The van der Waals surface area contributed by atoms with Gasteiger partial charge in [-0.15, -0.1) is 11.6 Å². The van der Waals surface area contributed by atoms with Crippen molar-refractivity contribution in [1.29, 1.82) is 0 Å². The number of carbonyl (C=O) groups excluding carboxylic acids is 1. The van der Waals surface area contributed by atoms with E-state index in [9.17, 15) is 9.90 Å². The predicted octanol–water partition coefficient (Wildman–Crippen LogP) is 2.85. The summed E-state index contributed by atoms with van der Waals surface area (Å²) in [5, 5.41) is 9.23. The van der Waals surface area contributed by atoms with E-state index in [1.165, 1.54) is 6.07 Å². The molecule has 0 aliphatic carbocycles. The molecule has 0 amide bonds. The maximum atomic E-state index is 10.5. The van der Waals surface area contributed by atoms with E-state index in [1.54, 1.807) is 12.1 Å². The van der Waals surface area contributed by atoms with Crippen LogP contribution in [0.2, 0.25) is 0 Å². The minimum absolute atomic E-state index is 0.00879. The smallest absolute Gasteiger partial charge is 0.153 e. The third kappa shape index (κ3) is 2.89. The Labute approximate surface area is 87.8 Å². The second-order valence-corrected chi connectivity index (χ2v) is 3.19. The Kier molecular flexibility index (Phi) is 4.20. The molecule has 0 heterocycles. The number of phenols is 1. The molecule has 0 radical (unpaired) electrons. The maximum Gasteiger partial charge on any atom is 0.153 e. The molecule has 0 atom stereocenters. The van der Waals surface area contributed by atoms with Gasteiger partial charge in [-0.05, 0) is 24.1 Å². The lowest BCUT2D eigenvalue weighted by Crippen LogP contribution is -1.82. The number of aldehydes is 1. The molecule has 1 aromatic carbocycles. The fourth-order valence-electron chi connectivity index (χ4n) is 1.05. The highest BCUT2D eigenvalue weighted by molar-refractivity contribution is 6.17. The molecule has 0 aliphatic heterocycles. The number of hydrogen-bond acceptors (Lipinski definition) is 2. The van der Waals surface area contributed by atoms with Gasteiger partial charge in [-0.1, -0.05) is 18.2 Å². The molecule has 14 heavy (non-hydrogen) atoms. The Bertz CT molecular complexity index is 345. The van der Waals surface area contributed by atoms with E-state index >= 15 is 0 Å². The first-order chi connectivity index (χ1) is 6.77. The summed E-state index contributed by atoms with van der Waals surface area (Å²) in [5.41, 5.74) is 1.19. The Morgan fingerprint density at radius 2 is 2.21 bits per heavy atom. The van der Waals surface area contributed by atoms with Crippen molar-refractivity contribution < 1.29 is 9.90 Å². The summed E-state index contributed by atoms with van der Waals surface area (Å²) in [7, 11) is 0. The fraction of sp³-hybridized carbons (Fsp3) is 0.182. The van der Waals surface area contributed by atoms with Crippen molar-refractivity contribution in [2.75, 3.05) is 5.88 Å². The lowest BCUT2D eigenvalue weighted by molar-refractivity contribution is 0.112. The van der Waals surface area contributed by atoms with Crippen LogP contribution in [0.4, 0.5) is 0 Å². The SMILES string of the molecule is O=Cc1cc(C=CCCCl)ccc1O. The monoisotopic (exact) mass is 210 g/mol. The highest BCUT2D eigenvalue weighted by Crippen LogP contribution is 2.17. The van der Waals surface area contributed by atoms with E-state index in [1.807, 2.05) is 12.2 Å². The third-order valence-corrected chi connectivity index (χ3v) is 1.98. The molecule has 0 aliphatic rings. The molecule has 0 saturated carbocycles. The van der Waals surface area contributed by atoms with Crippen LogP contribution in [0.3, 0.4) is 0 Å². The summed E-state index contributed by atoms with van der Waals surface area (Å²) in [6.07, 6.45) is 5.22. The first-order valence-electron chi connectivity index (χ1n) is 4.28. The Morgan fingerprint density at radius 3 is 2.86 bits per heavy atom. The van der Waals surface area contributed by atoms with Crippen molar-refractivity contribution in [2.24, 2.45) is 0 Å². The van der Waals surface area contributed by atoms with Crippen LogP contribution in [0.5, 0.6) is 5.75 Å². The van der Waals surface area contributed by atoms with Gasteiger partial charge >= 0.3 is 0 Å². The number of alkyl halides is 1. The second-order valence-electron chi connectivity index (χ2n) is 2.82. The molecule has 0 bridgehead atoms. The summed E-state index contributed by atoms with van der Waals surface area (Å²) in [6, 6.07) is 4.88. The van der Waals surface area contributed by atoms with E-state index in [0.29, 0.717) is 17.7 Å². The molecule has 0 fully saturated rings. The molecular formula is C11H11ClO2. The van der Waals surface area contributed by atoms with Gasteiger partial charge in [0.15, 0.2) is 6.29 Å². The van der Waals surface area contributed by atoms with Crippen molar-refractivity contribution in [3.05, 3.63) is 35.4 Å². The maximum absolute atomic E-state index is 10.5. The van der Waals surface area contributed by atoms with Crippen LogP contribution in [0.25, 0.3) is 6.08 Å². The van der Waals surface area contributed by atoms with Gasteiger partial charge in [0, 0.05) is 5.88 Å². The molecule has 0 aromatic heterocycles. The topological polar surface area (TPSA) is 37.3 Å². The Hall–Kier alpha value is -1.28. The van der Waals surface area contributed by atoms with Crippen molar-refractivity contribution in [3.63, 3.8) is 0 Å². The highest BCUT2D eigenvalue weighted by atomic mass is 35.5. The molecule has 1 aromatic rings. The van der Waals surface area contributed by atoms with E-state index in [0.717, 1.165) is 12.0 Å². The van der Waals surface area contributed by atoms with Gasteiger partial charge in [-0.3, -0.25) is 4.79 Å². The lowest BCUT2D eigenvalue weighted by Gasteiger charge is -1.98. The van der Waals surface area contributed by atoms with Gasteiger partial charge in [0.25, 0.3) is 0 Å². The number of rotatable bonds is 4. The van der Waals surface area contributed by atoms with Gasteiger partial charge < -0.3 is 5.11 Å². The molecule has 1 rings (SSSR count). The summed E-state index contributed by atoms with van der Waals surface area (Å²) < 4.78 is 0. The largest absolute Gasteiger partial charge is 0.507 e. The van der Waals surface area contributed by atoms with Gasteiger partial charge in [0.1, 0.15) is 5.75 Å². The average molecular weight is 211 g/mol. The zero-order valence-electron chi connectivity index (χ0n) is 7.61. The van der Waals surface area contributed by atoms with E-state index in [4.69, 9.17) is 11.6 Å². The molecule has 2 nitrogen and oxygen atoms in total. The predicted molar refractivity (Wildman–Crippen MR) is 57.9 cm³/mol. The number of benzene rings is 1. The molecule has 0 spiro atoms. The number of phenolic OH excluding ortho intramolecular Hbond substituents is 1. The zero-order chi connectivity index (χ0) is 10.4. The van der Waals surface area contributed by atoms with E-state index in [2.05, 4.69) is 0 Å². The molecule has 1 N–H and O–H groups in total. The Morgan fingerprint density at radius 1 is 1.43 bits per heavy atom. The molecule has 0 saturated heterocycles. The standard InChI is InChI=1S/C11H11ClO2/c12-6-2-1-3-9-4-5-11(14)10(7-9)8-13/h1,3-5,7-8,14H,2,6H2. The van der Waals surface area contributed by atoms with Crippen molar-refractivity contribution in [3.8, 4) is 5.75 Å². The number of halogens is 1. The minimum atomic E-state index is 0.00879. The second kappa shape index (κ2) is 5.45. The fourth-order valence-corrected chi connectivity index (χ4v) is 1.18. The van der Waals surface area contributed by atoms with Crippen LogP contribution in [-0.2, 0) is 0 Å². The van der Waals surface area contributed by atoms with Gasteiger partial charge in [0.05, 0.1) is 5.56 Å². The van der Waals surface area contributed by atoms with Crippen LogP contribution >= 0.6 is 11.6 Å².